The molecule has 3 aliphatic heterocycles. The van der Waals surface area contributed by atoms with E-state index in [0.29, 0.717) is 24.9 Å². The lowest BCUT2D eigenvalue weighted by Crippen LogP contribution is -2.53. The molecule has 61 heavy (non-hydrogen) atoms. The van der Waals surface area contributed by atoms with Crippen LogP contribution in [0.2, 0.25) is 0 Å². The Balaban J connectivity index is 0.974. The van der Waals surface area contributed by atoms with E-state index in [4.69, 9.17) is 24.2 Å². The van der Waals surface area contributed by atoms with Crippen LogP contribution in [0.5, 0.6) is 5.75 Å². The van der Waals surface area contributed by atoms with Crippen molar-refractivity contribution >= 4 is 45.8 Å². The Morgan fingerprint density at radius 3 is 2.31 bits per heavy atom. The maximum absolute atomic E-state index is 14.3. The van der Waals surface area contributed by atoms with Crippen molar-refractivity contribution in [2.75, 3.05) is 20.8 Å². The maximum Gasteiger partial charge on any atom is 0.407 e. The van der Waals surface area contributed by atoms with Crippen LogP contribution >= 0.6 is 0 Å². The highest BCUT2D eigenvalue weighted by molar-refractivity contribution is 6.07. The van der Waals surface area contributed by atoms with Gasteiger partial charge >= 0.3 is 12.2 Å². The van der Waals surface area contributed by atoms with Crippen LogP contribution in [-0.4, -0.2) is 92.6 Å². The van der Waals surface area contributed by atoms with Gasteiger partial charge in [-0.25, -0.2) is 19.6 Å². The van der Waals surface area contributed by atoms with Crippen molar-refractivity contribution in [2.24, 2.45) is 17.8 Å². The number of ether oxygens (including phenoxy) is 3. The lowest BCUT2D eigenvalue weighted by atomic mass is 9.92. The number of carbonyl (C=O) groups excluding carboxylic acids is 4. The molecule has 9 rings (SSSR count). The number of hydrogen-bond donors (Lipinski definition) is 4. The van der Waals surface area contributed by atoms with Gasteiger partial charge in [-0.1, -0.05) is 52.3 Å². The summed E-state index contributed by atoms with van der Waals surface area (Å²) < 4.78 is 16.1. The van der Waals surface area contributed by atoms with Gasteiger partial charge in [0.1, 0.15) is 36.1 Å². The molecule has 15 heteroatoms. The fourth-order valence-electron chi connectivity index (χ4n) is 10.2. The predicted octanol–water partition coefficient (Wildman–Crippen LogP) is 7.53. The number of likely N-dealkylation sites (tertiary alicyclic amines) is 2. The van der Waals surface area contributed by atoms with Crippen LogP contribution in [0.4, 0.5) is 9.59 Å². The van der Waals surface area contributed by atoms with Gasteiger partial charge in [-0.15, -0.1) is 0 Å². The summed E-state index contributed by atoms with van der Waals surface area (Å²) in [6.45, 7) is 8.65. The number of aromatic nitrogens is 4. The number of nitrogens with one attached hydrogen (secondary N) is 4. The lowest BCUT2D eigenvalue weighted by molar-refractivity contribution is -0.138. The maximum atomic E-state index is 14.3. The van der Waals surface area contributed by atoms with Crippen molar-refractivity contribution in [3.63, 3.8) is 0 Å². The fraction of sp³-hybridized carbons (Fsp3) is 0.478. The molecule has 5 heterocycles. The van der Waals surface area contributed by atoms with E-state index in [1.165, 1.54) is 14.2 Å². The van der Waals surface area contributed by atoms with Crippen molar-refractivity contribution in [3.8, 4) is 28.1 Å². The van der Waals surface area contributed by atoms with Gasteiger partial charge in [0.05, 0.1) is 49.2 Å². The molecule has 3 fully saturated rings. The van der Waals surface area contributed by atoms with Gasteiger partial charge < -0.3 is 44.6 Å². The molecule has 1 aliphatic carbocycles. The smallest absolute Gasteiger partial charge is 0.407 e. The minimum absolute atomic E-state index is 0.0963. The molecule has 4 N–H and O–H groups in total. The van der Waals surface area contributed by atoms with Crippen LogP contribution in [0.15, 0.2) is 48.7 Å². The first-order valence-electron chi connectivity index (χ1n) is 21.5. The summed E-state index contributed by atoms with van der Waals surface area (Å²) in [4.78, 5) is 73.1. The van der Waals surface area contributed by atoms with Gasteiger partial charge in [0.15, 0.2) is 0 Å². The number of imidazole rings is 2. The Hall–Kier alpha value is -6.12. The molecule has 5 aromatic rings. The van der Waals surface area contributed by atoms with Crippen LogP contribution < -0.4 is 15.4 Å². The van der Waals surface area contributed by atoms with Crippen molar-refractivity contribution in [1.82, 2.24) is 40.4 Å². The quantitative estimate of drug-likeness (QED) is 0.117. The fourth-order valence-corrected chi connectivity index (χ4v) is 10.2. The number of nitrogens with zero attached hydrogens (tertiary/aromatic N) is 4. The first kappa shape index (κ1) is 40.3. The second-order valence-corrected chi connectivity index (χ2v) is 17.7. The van der Waals surface area contributed by atoms with Crippen molar-refractivity contribution in [1.29, 1.82) is 0 Å². The van der Waals surface area contributed by atoms with Gasteiger partial charge in [0.25, 0.3) is 0 Å². The molecular weight excluding hydrogens is 777 g/mol. The summed E-state index contributed by atoms with van der Waals surface area (Å²) in [6, 6.07) is 13.0. The molecule has 2 saturated heterocycles. The van der Waals surface area contributed by atoms with Gasteiger partial charge in [0, 0.05) is 23.5 Å². The van der Waals surface area contributed by atoms with E-state index in [0.717, 1.165) is 99.9 Å². The van der Waals surface area contributed by atoms with E-state index >= 15 is 0 Å². The normalized spacial score (nSPS) is 21.6. The number of rotatable bonds is 9. The summed E-state index contributed by atoms with van der Waals surface area (Å²) in [5.74, 6) is 2.16. The second kappa shape index (κ2) is 16.1. The minimum Gasteiger partial charge on any atom is -0.488 e. The summed E-state index contributed by atoms with van der Waals surface area (Å²) in [5, 5.41) is 7.53. The van der Waals surface area contributed by atoms with Gasteiger partial charge in [-0.2, -0.15) is 0 Å². The third-order valence-electron chi connectivity index (χ3n) is 13.3. The van der Waals surface area contributed by atoms with Crippen molar-refractivity contribution in [3.05, 3.63) is 65.9 Å². The van der Waals surface area contributed by atoms with Crippen molar-refractivity contribution in [2.45, 2.75) is 103 Å². The Kier molecular flexibility index (Phi) is 10.6. The zero-order valence-corrected chi connectivity index (χ0v) is 35.5. The summed E-state index contributed by atoms with van der Waals surface area (Å²) in [5.41, 5.74) is 6.67. The van der Waals surface area contributed by atoms with Crippen LogP contribution in [0.25, 0.3) is 44.2 Å². The van der Waals surface area contributed by atoms with E-state index in [9.17, 15) is 19.2 Å². The number of H-pyrrole nitrogens is 2. The first-order chi connectivity index (χ1) is 29.4. The highest BCUT2D eigenvalue weighted by Gasteiger charge is 2.49. The van der Waals surface area contributed by atoms with E-state index in [1.807, 2.05) is 49.8 Å². The summed E-state index contributed by atoms with van der Waals surface area (Å²) >= 11 is 0. The molecule has 1 saturated carbocycles. The Morgan fingerprint density at radius 2 is 1.57 bits per heavy atom. The van der Waals surface area contributed by atoms with Gasteiger partial charge in [0.2, 0.25) is 11.8 Å². The largest absolute Gasteiger partial charge is 0.488 e. The third-order valence-corrected chi connectivity index (χ3v) is 13.3. The molecule has 15 nitrogen and oxygen atoms in total. The zero-order chi connectivity index (χ0) is 42.7. The molecule has 2 aromatic heterocycles. The molecular formula is C46H54N8O7. The standard InChI is InChI=1S/C46H54N8O7/c1-23(2)38(51-45(57)59-5)43(55)53-16-8-11-35(53)41-47-21-33(49-41)26-12-14-29-28(17-26)22-61-37-20-30-25(18-31(29)37)13-15-32-40(30)50-42(48-32)36-19-27-9-7-10-34(27)54(36)44(56)39(24(3)4)52-46(58)60-6/h12-15,17-18,20-21,23-24,27,34-36,38-39H,7-11,16,19,22H2,1-6H3,(H,47,49)(H,48,50)(H,51,57)(H,52,58)/t27-,34-,35?,36-,38-,39-/m0/s1. The molecule has 4 amide bonds. The number of amides is 4. The van der Waals surface area contributed by atoms with Crippen LogP contribution in [0.3, 0.4) is 0 Å². The van der Waals surface area contributed by atoms with Crippen LogP contribution in [-0.2, 0) is 25.7 Å². The highest BCUT2D eigenvalue weighted by Crippen LogP contribution is 2.48. The van der Waals surface area contributed by atoms with Crippen molar-refractivity contribution < 1.29 is 33.4 Å². The second-order valence-electron chi connectivity index (χ2n) is 17.7. The molecule has 0 bridgehead atoms. The van der Waals surface area contributed by atoms with E-state index in [2.05, 4.69) is 57.0 Å². The van der Waals surface area contributed by atoms with E-state index < -0.39 is 24.3 Å². The summed E-state index contributed by atoms with van der Waals surface area (Å²) in [6.07, 6.45) is 6.09. The number of carbonyl (C=O) groups is 4. The number of hydrogen-bond acceptors (Lipinski definition) is 9. The average molecular weight is 831 g/mol. The van der Waals surface area contributed by atoms with Crippen LogP contribution in [0, 0.1) is 17.8 Å². The van der Waals surface area contributed by atoms with Crippen LogP contribution in [0.1, 0.15) is 95.5 Å². The molecule has 0 spiro atoms. The number of methoxy groups -OCH3 is 2. The topological polar surface area (TPSA) is 184 Å². The van der Waals surface area contributed by atoms with E-state index in [-0.39, 0.29) is 41.8 Å². The number of benzene rings is 3. The number of fused-ring (bicyclic) bond motifs is 7. The third kappa shape index (κ3) is 7.20. The number of aromatic amines is 2. The Morgan fingerprint density at radius 1 is 0.820 bits per heavy atom. The highest BCUT2D eigenvalue weighted by atomic mass is 16.5. The summed E-state index contributed by atoms with van der Waals surface area (Å²) in [7, 11) is 2.60. The first-order valence-corrected chi connectivity index (χ1v) is 21.5. The molecule has 1 unspecified atom stereocenters. The zero-order valence-electron chi connectivity index (χ0n) is 35.5. The van der Waals surface area contributed by atoms with E-state index in [1.54, 1.807) is 0 Å². The molecule has 3 aromatic carbocycles. The van der Waals surface area contributed by atoms with Gasteiger partial charge in [-0.3, -0.25) is 9.59 Å². The Labute approximate surface area is 354 Å². The predicted molar refractivity (Wildman–Crippen MR) is 228 cm³/mol. The SMILES string of the molecule is COC(=O)N[C@H](C(=O)N1CCCC1c1ncc(-c2ccc3c(c2)COc2cc4c(ccc5nc([C@@H]6C[C@@H]7CCC[C@@H]7N6C(=O)[C@@H](NC(=O)OC)C(C)C)[nH]c54)cc2-3)[nH]1)C(C)C. The monoisotopic (exact) mass is 830 g/mol. The molecule has 0 radical (unpaired) electrons. The molecule has 6 atom stereocenters. The Bertz CT molecular complexity index is 2530. The average Bonchev–Trinajstić information content (AvgIpc) is 4.11. The number of alkyl carbamates (subject to hydrolysis) is 2. The molecule has 320 valence electrons. The minimum atomic E-state index is -0.707. The molecule has 4 aliphatic rings. The van der Waals surface area contributed by atoms with Gasteiger partial charge in [-0.05, 0) is 96.2 Å². The lowest BCUT2D eigenvalue weighted by Gasteiger charge is -2.33.